The van der Waals surface area contributed by atoms with Crippen LogP contribution >= 0.6 is 0 Å². The van der Waals surface area contributed by atoms with Gasteiger partial charge in [0.25, 0.3) is 0 Å². The lowest BCUT2D eigenvalue weighted by atomic mass is 10.2. The van der Waals surface area contributed by atoms with Crippen molar-refractivity contribution in [1.82, 2.24) is 9.78 Å². The molecule has 0 aliphatic heterocycles. The predicted molar refractivity (Wildman–Crippen MR) is 80.1 cm³/mol. The van der Waals surface area contributed by atoms with Crippen LogP contribution in [0, 0.1) is 5.82 Å². The summed E-state index contributed by atoms with van der Waals surface area (Å²) in [6.45, 7) is 3.26. The van der Waals surface area contributed by atoms with Gasteiger partial charge < -0.3 is 5.32 Å². The van der Waals surface area contributed by atoms with E-state index in [1.54, 1.807) is 12.3 Å². The lowest BCUT2D eigenvalue weighted by molar-refractivity contribution is 0.603. The van der Waals surface area contributed by atoms with E-state index in [-0.39, 0.29) is 5.69 Å². The van der Waals surface area contributed by atoms with Gasteiger partial charge in [-0.1, -0.05) is 0 Å². The van der Waals surface area contributed by atoms with Crippen molar-refractivity contribution < 1.29 is 12.8 Å². The summed E-state index contributed by atoms with van der Waals surface area (Å²) in [7, 11) is -3.52. The molecule has 1 heterocycles. The topological polar surface area (TPSA) is 76.0 Å². The number of hydrogen-bond acceptors (Lipinski definition) is 4. The largest absolute Gasteiger partial charge is 0.379 e. The van der Waals surface area contributed by atoms with Crippen LogP contribution in [0.15, 0.2) is 30.5 Å². The molecule has 8 heteroatoms. The fraction of sp³-hybridized carbons (Fsp3) is 0.308. The van der Waals surface area contributed by atoms with Crippen LogP contribution in [0.1, 0.15) is 12.6 Å². The van der Waals surface area contributed by atoms with Gasteiger partial charge in [0.2, 0.25) is 10.0 Å². The molecular weight excluding hydrogens is 295 g/mol. The highest BCUT2D eigenvalue weighted by molar-refractivity contribution is 7.92. The number of rotatable bonds is 6. The molecule has 0 saturated heterocycles. The van der Waals surface area contributed by atoms with Gasteiger partial charge in [-0.05, 0) is 31.2 Å². The van der Waals surface area contributed by atoms with Gasteiger partial charge in [-0.15, -0.1) is 0 Å². The first-order valence-electron chi connectivity index (χ1n) is 6.41. The first kappa shape index (κ1) is 15.3. The molecule has 0 bridgehead atoms. The summed E-state index contributed by atoms with van der Waals surface area (Å²) in [5, 5.41) is 7.26. The van der Waals surface area contributed by atoms with Crippen LogP contribution in [0.5, 0.6) is 0 Å². The van der Waals surface area contributed by atoms with Crippen LogP contribution in [0.2, 0.25) is 0 Å². The first-order chi connectivity index (χ1) is 9.89. The van der Waals surface area contributed by atoms with Crippen LogP contribution in [-0.4, -0.2) is 24.5 Å². The number of aryl methyl sites for hydroxylation is 1. The average Bonchev–Trinajstić information content (AvgIpc) is 2.85. The molecule has 2 rings (SSSR count). The lowest BCUT2D eigenvalue weighted by Crippen LogP contribution is -2.12. The summed E-state index contributed by atoms with van der Waals surface area (Å²) in [6, 6.07) is 6.07. The summed E-state index contributed by atoms with van der Waals surface area (Å²) < 4.78 is 39.9. The van der Waals surface area contributed by atoms with Crippen molar-refractivity contribution in [3.05, 3.63) is 42.0 Å². The highest BCUT2D eigenvalue weighted by atomic mass is 32.2. The summed E-state index contributed by atoms with van der Waals surface area (Å²) in [6.07, 6.45) is 2.69. The minimum absolute atomic E-state index is 0.0773. The van der Waals surface area contributed by atoms with Crippen molar-refractivity contribution in [1.29, 1.82) is 0 Å². The SMILES string of the molecule is CCn1nccc1CNc1ccc(F)c(NS(C)(=O)=O)c1. The van der Waals surface area contributed by atoms with Gasteiger partial charge in [0, 0.05) is 18.4 Å². The normalized spacial score (nSPS) is 11.4. The standard InChI is InChI=1S/C13H17FN4O2S/c1-3-18-11(6-7-16-18)9-15-10-4-5-12(14)13(8-10)17-21(2,19)20/h4-8,15,17H,3,9H2,1-2H3. The maximum atomic E-state index is 13.6. The van der Waals surface area contributed by atoms with E-state index in [9.17, 15) is 12.8 Å². The fourth-order valence-electron chi connectivity index (χ4n) is 1.90. The van der Waals surface area contributed by atoms with Crippen LogP contribution in [0.3, 0.4) is 0 Å². The number of anilines is 2. The van der Waals surface area contributed by atoms with E-state index >= 15 is 0 Å². The van der Waals surface area contributed by atoms with E-state index in [0.29, 0.717) is 12.2 Å². The maximum Gasteiger partial charge on any atom is 0.229 e. The van der Waals surface area contributed by atoms with E-state index in [2.05, 4.69) is 15.1 Å². The van der Waals surface area contributed by atoms with Gasteiger partial charge in [0.15, 0.2) is 0 Å². The van der Waals surface area contributed by atoms with Gasteiger partial charge in [0.05, 0.1) is 24.2 Å². The summed E-state index contributed by atoms with van der Waals surface area (Å²) in [4.78, 5) is 0. The zero-order valence-electron chi connectivity index (χ0n) is 11.8. The quantitative estimate of drug-likeness (QED) is 0.855. The molecule has 0 aliphatic carbocycles. The molecule has 6 nitrogen and oxygen atoms in total. The van der Waals surface area contributed by atoms with Crippen molar-refractivity contribution in [3.8, 4) is 0 Å². The average molecular weight is 312 g/mol. The summed E-state index contributed by atoms with van der Waals surface area (Å²) in [5.41, 5.74) is 1.53. The molecule has 0 aliphatic rings. The summed E-state index contributed by atoms with van der Waals surface area (Å²) in [5.74, 6) is -0.621. The van der Waals surface area contributed by atoms with Crippen molar-refractivity contribution in [2.75, 3.05) is 16.3 Å². The molecule has 2 aromatic rings. The molecule has 21 heavy (non-hydrogen) atoms. The van der Waals surface area contributed by atoms with Crippen LogP contribution in [0.25, 0.3) is 0 Å². The highest BCUT2D eigenvalue weighted by Crippen LogP contribution is 2.21. The Hall–Kier alpha value is -2.09. The van der Waals surface area contributed by atoms with Crippen LogP contribution < -0.4 is 10.0 Å². The predicted octanol–water partition coefficient (Wildman–Crippen LogP) is 2.03. The fourth-order valence-corrected chi connectivity index (χ4v) is 2.46. The van der Waals surface area contributed by atoms with Crippen molar-refractivity contribution in [2.24, 2.45) is 0 Å². The molecule has 114 valence electrons. The van der Waals surface area contributed by atoms with Gasteiger partial charge in [-0.2, -0.15) is 5.10 Å². The molecule has 0 saturated carbocycles. The molecule has 0 fully saturated rings. The Bertz CT molecular complexity index is 728. The molecule has 0 unspecified atom stereocenters. The number of sulfonamides is 1. The number of nitrogens with zero attached hydrogens (tertiary/aromatic N) is 2. The first-order valence-corrected chi connectivity index (χ1v) is 8.30. The molecule has 0 radical (unpaired) electrons. The molecule has 1 aromatic carbocycles. The Morgan fingerprint density at radius 2 is 2.10 bits per heavy atom. The summed E-state index contributed by atoms with van der Waals surface area (Å²) >= 11 is 0. The Morgan fingerprint density at radius 3 is 2.76 bits per heavy atom. The van der Waals surface area contributed by atoms with E-state index in [4.69, 9.17) is 0 Å². The number of hydrogen-bond donors (Lipinski definition) is 2. The number of nitrogens with one attached hydrogen (secondary N) is 2. The monoisotopic (exact) mass is 312 g/mol. The smallest absolute Gasteiger partial charge is 0.229 e. The van der Waals surface area contributed by atoms with Gasteiger partial charge >= 0.3 is 0 Å². The zero-order valence-corrected chi connectivity index (χ0v) is 12.6. The van der Waals surface area contributed by atoms with E-state index in [1.807, 2.05) is 17.7 Å². The van der Waals surface area contributed by atoms with E-state index in [0.717, 1.165) is 18.5 Å². The minimum atomic E-state index is -3.52. The molecule has 0 atom stereocenters. The van der Waals surface area contributed by atoms with E-state index in [1.165, 1.54) is 12.1 Å². The molecule has 1 aromatic heterocycles. The Balaban J connectivity index is 2.12. The second-order valence-corrected chi connectivity index (χ2v) is 6.31. The minimum Gasteiger partial charge on any atom is -0.379 e. The number of halogens is 1. The molecule has 0 spiro atoms. The Labute approximate surface area is 123 Å². The second-order valence-electron chi connectivity index (χ2n) is 4.56. The third-order valence-corrected chi connectivity index (χ3v) is 3.43. The Kier molecular flexibility index (Phi) is 4.46. The van der Waals surface area contributed by atoms with E-state index < -0.39 is 15.8 Å². The van der Waals surface area contributed by atoms with Gasteiger partial charge in [-0.3, -0.25) is 9.40 Å². The van der Waals surface area contributed by atoms with Crippen LogP contribution in [-0.2, 0) is 23.1 Å². The number of benzene rings is 1. The van der Waals surface area contributed by atoms with Crippen molar-refractivity contribution >= 4 is 21.4 Å². The third-order valence-electron chi connectivity index (χ3n) is 2.84. The van der Waals surface area contributed by atoms with Crippen molar-refractivity contribution in [2.45, 2.75) is 20.0 Å². The van der Waals surface area contributed by atoms with Gasteiger partial charge in [-0.25, -0.2) is 12.8 Å². The third kappa shape index (κ3) is 4.19. The van der Waals surface area contributed by atoms with Crippen LogP contribution in [0.4, 0.5) is 15.8 Å². The Morgan fingerprint density at radius 1 is 1.33 bits per heavy atom. The number of aromatic nitrogens is 2. The molecular formula is C13H17FN4O2S. The lowest BCUT2D eigenvalue weighted by Gasteiger charge is -2.11. The zero-order chi connectivity index (χ0) is 15.5. The molecule has 2 N–H and O–H groups in total. The van der Waals surface area contributed by atoms with Gasteiger partial charge in [0.1, 0.15) is 5.82 Å². The second kappa shape index (κ2) is 6.13. The van der Waals surface area contributed by atoms with Crippen molar-refractivity contribution in [3.63, 3.8) is 0 Å². The molecule has 0 amide bonds. The maximum absolute atomic E-state index is 13.6. The highest BCUT2D eigenvalue weighted by Gasteiger charge is 2.09.